The van der Waals surface area contributed by atoms with E-state index in [2.05, 4.69) is 26.1 Å². The van der Waals surface area contributed by atoms with Crippen molar-refractivity contribution < 1.29 is 0 Å². The van der Waals surface area contributed by atoms with Crippen molar-refractivity contribution in [3.63, 3.8) is 0 Å². The maximum Gasteiger partial charge on any atom is 0.0154 e. The minimum Gasteiger partial charge on any atom is -0.330 e. The van der Waals surface area contributed by atoms with Crippen LogP contribution in [0.25, 0.3) is 0 Å². The highest BCUT2D eigenvalue weighted by Crippen LogP contribution is 2.34. The molecule has 2 heteroatoms. The van der Waals surface area contributed by atoms with Gasteiger partial charge in [0.15, 0.2) is 0 Å². The van der Waals surface area contributed by atoms with Crippen molar-refractivity contribution in [3.8, 4) is 0 Å². The molecule has 0 aromatic carbocycles. The molecule has 1 rings (SSSR count). The van der Waals surface area contributed by atoms with E-state index in [1.165, 1.54) is 38.6 Å². The van der Waals surface area contributed by atoms with Gasteiger partial charge in [-0.3, -0.25) is 0 Å². The average Bonchev–Trinajstić information content (AvgIpc) is 2.89. The van der Waals surface area contributed by atoms with Crippen LogP contribution in [0.3, 0.4) is 0 Å². The fourth-order valence-corrected chi connectivity index (χ4v) is 2.14. The molecule has 0 radical (unpaired) electrons. The lowest BCUT2D eigenvalue weighted by molar-refractivity contribution is 0.328. The lowest BCUT2D eigenvalue weighted by Gasteiger charge is -2.20. The van der Waals surface area contributed by atoms with Gasteiger partial charge < -0.3 is 11.1 Å². The van der Waals surface area contributed by atoms with E-state index in [0.29, 0.717) is 5.54 Å². The predicted molar refractivity (Wildman–Crippen MR) is 66.9 cm³/mol. The quantitative estimate of drug-likeness (QED) is 0.607. The second-order valence-electron chi connectivity index (χ2n) is 5.71. The highest BCUT2D eigenvalue weighted by atomic mass is 15.0. The molecule has 1 aliphatic carbocycles. The summed E-state index contributed by atoms with van der Waals surface area (Å²) in [6.07, 6.45) is 6.55. The molecule has 0 aliphatic heterocycles. The van der Waals surface area contributed by atoms with Crippen LogP contribution in [0.1, 0.15) is 52.9 Å². The van der Waals surface area contributed by atoms with Gasteiger partial charge in [0.25, 0.3) is 0 Å². The van der Waals surface area contributed by atoms with Crippen LogP contribution >= 0.6 is 0 Å². The highest BCUT2D eigenvalue weighted by Gasteiger charge is 2.35. The summed E-state index contributed by atoms with van der Waals surface area (Å²) in [6.45, 7) is 8.98. The zero-order valence-corrected chi connectivity index (χ0v) is 10.7. The molecular formula is C13H28N2. The summed E-state index contributed by atoms with van der Waals surface area (Å²) in [7, 11) is 0. The Labute approximate surface area is 95.0 Å². The smallest absolute Gasteiger partial charge is 0.0154 e. The summed E-state index contributed by atoms with van der Waals surface area (Å²) < 4.78 is 0. The molecule has 1 saturated carbocycles. The average molecular weight is 212 g/mol. The Morgan fingerprint density at radius 2 is 1.93 bits per heavy atom. The summed E-state index contributed by atoms with van der Waals surface area (Å²) >= 11 is 0. The lowest BCUT2D eigenvalue weighted by atomic mass is 9.88. The van der Waals surface area contributed by atoms with Gasteiger partial charge in [0.05, 0.1) is 0 Å². The Morgan fingerprint density at radius 1 is 1.27 bits per heavy atom. The molecule has 2 nitrogen and oxygen atoms in total. The molecule has 1 aliphatic rings. The summed E-state index contributed by atoms with van der Waals surface area (Å²) in [4.78, 5) is 0. The molecule has 1 unspecified atom stereocenters. The molecule has 0 aromatic rings. The van der Waals surface area contributed by atoms with E-state index in [4.69, 9.17) is 5.73 Å². The summed E-state index contributed by atoms with van der Waals surface area (Å²) in [5.74, 6) is 1.61. The third-order valence-corrected chi connectivity index (χ3v) is 3.78. The fourth-order valence-electron chi connectivity index (χ4n) is 2.14. The molecule has 1 fully saturated rings. The van der Waals surface area contributed by atoms with E-state index < -0.39 is 0 Å². The standard InChI is InChI=1S/C13H28N2/c1-11(2)12(6-9-14)5-4-10-15-13(3)7-8-13/h11-12,15H,4-10,14H2,1-3H3. The third kappa shape index (κ3) is 4.98. The van der Waals surface area contributed by atoms with Crippen molar-refractivity contribution in [1.29, 1.82) is 0 Å². The maximum absolute atomic E-state index is 5.64. The molecule has 0 spiro atoms. The second-order valence-corrected chi connectivity index (χ2v) is 5.71. The van der Waals surface area contributed by atoms with Crippen molar-refractivity contribution in [2.75, 3.05) is 13.1 Å². The number of nitrogens with one attached hydrogen (secondary N) is 1. The molecule has 0 aromatic heterocycles. The van der Waals surface area contributed by atoms with E-state index in [0.717, 1.165) is 18.4 Å². The molecule has 15 heavy (non-hydrogen) atoms. The van der Waals surface area contributed by atoms with Gasteiger partial charge in [-0.25, -0.2) is 0 Å². The third-order valence-electron chi connectivity index (χ3n) is 3.78. The first-order chi connectivity index (χ1) is 7.07. The Morgan fingerprint density at radius 3 is 2.40 bits per heavy atom. The maximum atomic E-state index is 5.64. The minimum atomic E-state index is 0.501. The van der Waals surface area contributed by atoms with Crippen molar-refractivity contribution in [3.05, 3.63) is 0 Å². The van der Waals surface area contributed by atoms with Crippen LogP contribution < -0.4 is 11.1 Å². The van der Waals surface area contributed by atoms with Crippen molar-refractivity contribution >= 4 is 0 Å². The van der Waals surface area contributed by atoms with Crippen LogP contribution in [0, 0.1) is 11.8 Å². The predicted octanol–water partition coefficient (Wildman–Crippen LogP) is 2.53. The van der Waals surface area contributed by atoms with Crippen LogP contribution in [0.15, 0.2) is 0 Å². The Bertz CT molecular complexity index is 173. The van der Waals surface area contributed by atoms with Gasteiger partial charge in [0.2, 0.25) is 0 Å². The van der Waals surface area contributed by atoms with Crippen LogP contribution in [0.4, 0.5) is 0 Å². The first kappa shape index (κ1) is 13.0. The number of rotatable bonds is 8. The molecule has 1 atom stereocenters. The normalized spacial score (nSPS) is 20.6. The zero-order chi connectivity index (χ0) is 11.3. The first-order valence-corrected chi connectivity index (χ1v) is 6.52. The first-order valence-electron chi connectivity index (χ1n) is 6.52. The molecular weight excluding hydrogens is 184 g/mol. The monoisotopic (exact) mass is 212 g/mol. The zero-order valence-electron chi connectivity index (χ0n) is 10.7. The van der Waals surface area contributed by atoms with Gasteiger partial charge in [-0.2, -0.15) is 0 Å². The van der Waals surface area contributed by atoms with Crippen LogP contribution in [-0.4, -0.2) is 18.6 Å². The molecule has 90 valence electrons. The Balaban J connectivity index is 2.05. The number of hydrogen-bond acceptors (Lipinski definition) is 2. The molecule has 0 amide bonds. The number of hydrogen-bond donors (Lipinski definition) is 2. The second kappa shape index (κ2) is 5.86. The van der Waals surface area contributed by atoms with Gasteiger partial charge >= 0.3 is 0 Å². The van der Waals surface area contributed by atoms with Gasteiger partial charge in [-0.1, -0.05) is 13.8 Å². The van der Waals surface area contributed by atoms with E-state index in [1.807, 2.05) is 0 Å². The van der Waals surface area contributed by atoms with Crippen LogP contribution in [0.5, 0.6) is 0 Å². The van der Waals surface area contributed by atoms with E-state index >= 15 is 0 Å². The van der Waals surface area contributed by atoms with E-state index in [1.54, 1.807) is 0 Å². The SMILES string of the molecule is CC(C)C(CCN)CCCNC1(C)CC1. The van der Waals surface area contributed by atoms with E-state index in [-0.39, 0.29) is 0 Å². The Kier molecular flexibility index (Phi) is 5.07. The van der Waals surface area contributed by atoms with Crippen LogP contribution in [0.2, 0.25) is 0 Å². The summed E-state index contributed by atoms with van der Waals surface area (Å²) in [5, 5.41) is 3.64. The van der Waals surface area contributed by atoms with E-state index in [9.17, 15) is 0 Å². The highest BCUT2D eigenvalue weighted by molar-refractivity contribution is 4.97. The molecule has 0 heterocycles. The van der Waals surface area contributed by atoms with Gasteiger partial charge in [-0.05, 0) is 64.0 Å². The van der Waals surface area contributed by atoms with Crippen molar-refractivity contribution in [2.24, 2.45) is 17.6 Å². The molecule has 3 N–H and O–H groups in total. The van der Waals surface area contributed by atoms with Gasteiger partial charge in [0.1, 0.15) is 0 Å². The minimum absolute atomic E-state index is 0.501. The largest absolute Gasteiger partial charge is 0.330 e. The number of nitrogens with two attached hydrogens (primary N) is 1. The fraction of sp³-hybridized carbons (Fsp3) is 1.00. The van der Waals surface area contributed by atoms with Gasteiger partial charge in [0, 0.05) is 5.54 Å². The van der Waals surface area contributed by atoms with Crippen molar-refractivity contribution in [1.82, 2.24) is 5.32 Å². The molecule has 0 bridgehead atoms. The summed E-state index contributed by atoms with van der Waals surface area (Å²) in [5.41, 5.74) is 6.14. The topological polar surface area (TPSA) is 38.0 Å². The van der Waals surface area contributed by atoms with Crippen molar-refractivity contribution in [2.45, 2.75) is 58.4 Å². The lowest BCUT2D eigenvalue weighted by Crippen LogP contribution is -2.29. The summed E-state index contributed by atoms with van der Waals surface area (Å²) in [6, 6.07) is 0. The molecule has 0 saturated heterocycles. The van der Waals surface area contributed by atoms with Gasteiger partial charge in [-0.15, -0.1) is 0 Å². The van der Waals surface area contributed by atoms with Crippen LogP contribution in [-0.2, 0) is 0 Å². The Hall–Kier alpha value is -0.0800.